The van der Waals surface area contributed by atoms with Gasteiger partial charge in [0.25, 0.3) is 0 Å². The maximum absolute atomic E-state index is 12.3. The molecule has 9 heteroatoms. The largest absolute Gasteiger partial charge is 0.246 e. The molecule has 102 valence electrons. The van der Waals surface area contributed by atoms with Gasteiger partial charge in [-0.15, -0.1) is 0 Å². The zero-order chi connectivity index (χ0) is 14.1. The number of pyridine rings is 1. The molecular formula is C10H11N3O4S2. The maximum Gasteiger partial charge on any atom is 0.246 e. The third kappa shape index (κ3) is 2.75. The Labute approximate surface area is 111 Å². The molecule has 0 aliphatic carbocycles. The Morgan fingerprint density at radius 3 is 2.53 bits per heavy atom. The first-order chi connectivity index (χ1) is 8.87. The van der Waals surface area contributed by atoms with Crippen LogP contribution in [0, 0.1) is 11.3 Å². The molecule has 1 fully saturated rings. The van der Waals surface area contributed by atoms with Gasteiger partial charge in [0.05, 0.1) is 11.5 Å². The SMILES string of the molecule is N#Cc1ncccc1S(=O)(=O)N1CCS(=O)(=O)CC1. The second-order valence-corrected chi connectivity index (χ2v) is 8.23. The Morgan fingerprint density at radius 1 is 1.32 bits per heavy atom. The van der Waals surface area contributed by atoms with E-state index in [0.29, 0.717) is 0 Å². The summed E-state index contributed by atoms with van der Waals surface area (Å²) >= 11 is 0. The maximum atomic E-state index is 12.3. The Balaban J connectivity index is 2.37. The highest BCUT2D eigenvalue weighted by atomic mass is 32.2. The summed E-state index contributed by atoms with van der Waals surface area (Å²) in [7, 11) is -7.03. The number of hydrogen-bond donors (Lipinski definition) is 0. The molecule has 0 unspecified atom stereocenters. The average molecular weight is 301 g/mol. The Bertz CT molecular complexity index is 720. The first kappa shape index (κ1) is 13.9. The lowest BCUT2D eigenvalue weighted by Gasteiger charge is -2.25. The highest BCUT2D eigenvalue weighted by Gasteiger charge is 2.32. The van der Waals surface area contributed by atoms with Crippen molar-refractivity contribution in [1.82, 2.24) is 9.29 Å². The van der Waals surface area contributed by atoms with E-state index in [1.54, 1.807) is 6.07 Å². The summed E-state index contributed by atoms with van der Waals surface area (Å²) in [5.74, 6) is -0.400. The number of rotatable bonds is 2. The van der Waals surface area contributed by atoms with Crippen molar-refractivity contribution in [1.29, 1.82) is 5.26 Å². The van der Waals surface area contributed by atoms with Gasteiger partial charge in [-0.3, -0.25) is 0 Å². The van der Waals surface area contributed by atoms with Crippen molar-refractivity contribution in [2.75, 3.05) is 24.6 Å². The van der Waals surface area contributed by atoms with E-state index in [2.05, 4.69) is 4.98 Å². The summed E-state index contributed by atoms with van der Waals surface area (Å²) in [6, 6.07) is 4.44. The molecule has 19 heavy (non-hydrogen) atoms. The minimum Gasteiger partial charge on any atom is -0.244 e. The normalized spacial score (nSPS) is 19.7. The van der Waals surface area contributed by atoms with Crippen LogP contribution >= 0.6 is 0 Å². The van der Waals surface area contributed by atoms with Gasteiger partial charge >= 0.3 is 0 Å². The van der Waals surface area contributed by atoms with E-state index < -0.39 is 19.9 Å². The molecule has 2 rings (SSSR count). The quantitative estimate of drug-likeness (QED) is 0.719. The van der Waals surface area contributed by atoms with Gasteiger partial charge in [0, 0.05) is 19.3 Å². The van der Waals surface area contributed by atoms with Gasteiger partial charge in [-0.2, -0.15) is 9.57 Å². The van der Waals surface area contributed by atoms with E-state index in [1.807, 2.05) is 0 Å². The van der Waals surface area contributed by atoms with Gasteiger partial charge in [-0.05, 0) is 12.1 Å². The lowest BCUT2D eigenvalue weighted by Crippen LogP contribution is -2.43. The fourth-order valence-corrected chi connectivity index (χ4v) is 4.72. The summed E-state index contributed by atoms with van der Waals surface area (Å²) in [6.45, 7) is -0.186. The number of sulfone groups is 1. The number of sulfonamides is 1. The number of hydrogen-bond acceptors (Lipinski definition) is 6. The molecule has 1 aromatic rings. The van der Waals surface area contributed by atoms with E-state index in [9.17, 15) is 16.8 Å². The fraction of sp³-hybridized carbons (Fsp3) is 0.400. The van der Waals surface area contributed by atoms with E-state index in [-0.39, 0.29) is 35.2 Å². The van der Waals surface area contributed by atoms with E-state index in [0.717, 1.165) is 4.31 Å². The lowest BCUT2D eigenvalue weighted by atomic mass is 10.4. The standard InChI is InChI=1S/C10H11N3O4S2/c11-8-9-10(2-1-3-12-9)19(16,17)13-4-6-18(14,15)7-5-13/h1-3H,4-7H2. The van der Waals surface area contributed by atoms with Crippen molar-refractivity contribution in [3.05, 3.63) is 24.0 Å². The summed E-state index contributed by atoms with van der Waals surface area (Å²) in [5, 5.41) is 8.87. The van der Waals surface area contributed by atoms with Crippen molar-refractivity contribution < 1.29 is 16.8 Å². The van der Waals surface area contributed by atoms with Gasteiger partial charge in [0.15, 0.2) is 15.5 Å². The lowest BCUT2D eigenvalue weighted by molar-refractivity contribution is 0.430. The molecule has 1 saturated heterocycles. The third-order valence-electron chi connectivity index (χ3n) is 2.80. The third-order valence-corrected chi connectivity index (χ3v) is 6.34. The van der Waals surface area contributed by atoms with Crippen molar-refractivity contribution in [2.24, 2.45) is 0 Å². The van der Waals surface area contributed by atoms with Gasteiger partial charge in [-0.1, -0.05) is 0 Å². The molecule has 0 atom stereocenters. The van der Waals surface area contributed by atoms with Gasteiger partial charge in [0.1, 0.15) is 11.0 Å². The van der Waals surface area contributed by atoms with Gasteiger partial charge in [0.2, 0.25) is 10.0 Å². The van der Waals surface area contributed by atoms with Crippen LogP contribution in [-0.4, -0.2) is 50.7 Å². The molecule has 0 amide bonds. The second kappa shape index (κ2) is 4.88. The molecule has 1 aliphatic rings. The van der Waals surface area contributed by atoms with Crippen molar-refractivity contribution in [3.8, 4) is 6.07 Å². The van der Waals surface area contributed by atoms with Crippen LogP contribution in [0.4, 0.5) is 0 Å². The smallest absolute Gasteiger partial charge is 0.244 e. The summed E-state index contributed by atoms with van der Waals surface area (Å²) in [4.78, 5) is 3.52. The van der Waals surface area contributed by atoms with Crippen molar-refractivity contribution >= 4 is 19.9 Å². The Hall–Kier alpha value is -1.50. The van der Waals surface area contributed by atoms with Crippen molar-refractivity contribution in [2.45, 2.75) is 4.90 Å². The highest BCUT2D eigenvalue weighted by Crippen LogP contribution is 2.20. The molecule has 0 radical (unpaired) electrons. The molecule has 0 N–H and O–H groups in total. The Morgan fingerprint density at radius 2 is 1.95 bits per heavy atom. The van der Waals surface area contributed by atoms with Crippen LogP contribution in [0.2, 0.25) is 0 Å². The topological polar surface area (TPSA) is 108 Å². The molecule has 0 saturated carbocycles. The van der Waals surface area contributed by atoms with Crippen LogP contribution in [0.5, 0.6) is 0 Å². The predicted molar refractivity (Wildman–Crippen MR) is 66.4 cm³/mol. The Kier molecular flexibility index (Phi) is 3.58. The first-order valence-corrected chi connectivity index (χ1v) is 8.69. The molecular weight excluding hydrogens is 290 g/mol. The van der Waals surface area contributed by atoms with Crippen LogP contribution in [-0.2, 0) is 19.9 Å². The number of aromatic nitrogens is 1. The number of nitriles is 1. The van der Waals surface area contributed by atoms with Crippen LogP contribution in [0.1, 0.15) is 5.69 Å². The summed E-state index contributed by atoms with van der Waals surface area (Å²) in [5.41, 5.74) is -0.184. The molecule has 2 heterocycles. The first-order valence-electron chi connectivity index (χ1n) is 5.42. The van der Waals surface area contributed by atoms with Gasteiger partial charge < -0.3 is 0 Å². The molecule has 0 aromatic carbocycles. The van der Waals surface area contributed by atoms with E-state index in [1.165, 1.54) is 18.3 Å². The van der Waals surface area contributed by atoms with E-state index >= 15 is 0 Å². The van der Waals surface area contributed by atoms with Crippen LogP contribution < -0.4 is 0 Å². The zero-order valence-electron chi connectivity index (χ0n) is 9.85. The number of nitrogens with zero attached hydrogens (tertiary/aromatic N) is 3. The minimum atomic E-state index is -3.87. The van der Waals surface area contributed by atoms with E-state index in [4.69, 9.17) is 5.26 Å². The molecule has 0 bridgehead atoms. The monoisotopic (exact) mass is 301 g/mol. The molecule has 0 spiro atoms. The molecule has 1 aliphatic heterocycles. The summed E-state index contributed by atoms with van der Waals surface area (Å²) < 4.78 is 48.3. The van der Waals surface area contributed by atoms with Crippen LogP contribution in [0.3, 0.4) is 0 Å². The van der Waals surface area contributed by atoms with Crippen molar-refractivity contribution in [3.63, 3.8) is 0 Å². The second-order valence-electron chi connectivity index (χ2n) is 4.02. The molecule has 7 nitrogen and oxygen atoms in total. The zero-order valence-corrected chi connectivity index (χ0v) is 11.5. The predicted octanol–water partition coefficient (Wildman–Crippen LogP) is -0.628. The minimum absolute atomic E-state index is 0.0928. The average Bonchev–Trinajstić information content (AvgIpc) is 2.38. The summed E-state index contributed by atoms with van der Waals surface area (Å²) in [6.07, 6.45) is 1.33. The fourth-order valence-electron chi connectivity index (χ4n) is 1.76. The highest BCUT2D eigenvalue weighted by molar-refractivity contribution is 7.92. The molecule has 1 aromatic heterocycles. The van der Waals surface area contributed by atoms with Gasteiger partial charge in [-0.25, -0.2) is 21.8 Å². The van der Waals surface area contributed by atoms with Crippen LogP contribution in [0.15, 0.2) is 23.2 Å². The van der Waals surface area contributed by atoms with Crippen LogP contribution in [0.25, 0.3) is 0 Å².